The monoisotopic (exact) mass is 219 g/mol. The van der Waals surface area contributed by atoms with Gasteiger partial charge in [-0.3, -0.25) is 4.79 Å². The van der Waals surface area contributed by atoms with Crippen molar-refractivity contribution < 1.29 is 9.90 Å². The van der Waals surface area contributed by atoms with Crippen LogP contribution in [-0.4, -0.2) is 27.2 Å². The Morgan fingerprint density at radius 1 is 1.56 bits per heavy atom. The molecule has 84 valence electrons. The van der Waals surface area contributed by atoms with Crippen LogP contribution in [0.15, 0.2) is 18.2 Å². The minimum absolute atomic E-state index is 0.129. The predicted octanol–water partition coefficient (Wildman–Crippen LogP) is 1.38. The van der Waals surface area contributed by atoms with Crippen molar-refractivity contribution in [3.05, 3.63) is 23.8 Å². The van der Waals surface area contributed by atoms with Gasteiger partial charge in [-0.2, -0.15) is 0 Å². The Hall–Kier alpha value is -2.04. The molecule has 5 heteroatoms. The molecule has 0 aliphatic heterocycles. The molecule has 0 bridgehead atoms. The number of carboxylic acids is 1. The van der Waals surface area contributed by atoms with Crippen molar-refractivity contribution in [1.29, 1.82) is 0 Å². The van der Waals surface area contributed by atoms with E-state index in [4.69, 9.17) is 5.11 Å². The standard InChI is InChI=1S/C11H13N3O2/c1-7-3-4-8-9(5-7)14(2)11(13-8)12-6-10(15)16/h3-5H,6H2,1-2H3,(H,12,13)(H,15,16). The summed E-state index contributed by atoms with van der Waals surface area (Å²) in [5, 5.41) is 11.4. The van der Waals surface area contributed by atoms with Gasteiger partial charge in [0.05, 0.1) is 11.0 Å². The molecule has 0 aliphatic rings. The highest BCUT2D eigenvalue weighted by Gasteiger charge is 2.08. The van der Waals surface area contributed by atoms with Crippen molar-refractivity contribution in [3.8, 4) is 0 Å². The number of hydrogen-bond donors (Lipinski definition) is 2. The van der Waals surface area contributed by atoms with Gasteiger partial charge in [0, 0.05) is 7.05 Å². The van der Waals surface area contributed by atoms with Crippen LogP contribution in [0.5, 0.6) is 0 Å². The lowest BCUT2D eigenvalue weighted by atomic mass is 10.2. The normalized spacial score (nSPS) is 10.6. The number of carbonyl (C=O) groups is 1. The SMILES string of the molecule is Cc1ccc2nc(NCC(=O)O)n(C)c2c1. The molecule has 0 atom stereocenters. The van der Waals surface area contributed by atoms with Crippen LogP contribution in [0.3, 0.4) is 0 Å². The second-order valence-corrected chi connectivity index (χ2v) is 3.73. The van der Waals surface area contributed by atoms with Gasteiger partial charge in [0.2, 0.25) is 5.95 Å². The highest BCUT2D eigenvalue weighted by atomic mass is 16.4. The number of carboxylic acid groups (broad SMARTS) is 1. The van der Waals surface area contributed by atoms with E-state index in [2.05, 4.69) is 10.3 Å². The summed E-state index contributed by atoms with van der Waals surface area (Å²) in [7, 11) is 1.86. The van der Waals surface area contributed by atoms with Gasteiger partial charge in [0.25, 0.3) is 0 Å². The minimum atomic E-state index is -0.900. The van der Waals surface area contributed by atoms with Crippen molar-refractivity contribution in [2.24, 2.45) is 7.05 Å². The average Bonchev–Trinajstić information content (AvgIpc) is 2.53. The molecule has 5 nitrogen and oxygen atoms in total. The minimum Gasteiger partial charge on any atom is -0.480 e. The average molecular weight is 219 g/mol. The van der Waals surface area contributed by atoms with E-state index in [1.165, 1.54) is 0 Å². The maximum atomic E-state index is 10.5. The van der Waals surface area contributed by atoms with Crippen molar-refractivity contribution in [3.63, 3.8) is 0 Å². The lowest BCUT2D eigenvalue weighted by Crippen LogP contribution is -2.14. The van der Waals surface area contributed by atoms with Crippen molar-refractivity contribution >= 4 is 23.0 Å². The lowest BCUT2D eigenvalue weighted by molar-refractivity contribution is -0.134. The third-order valence-electron chi connectivity index (χ3n) is 2.43. The van der Waals surface area contributed by atoms with Crippen LogP contribution in [0, 0.1) is 6.92 Å². The van der Waals surface area contributed by atoms with Gasteiger partial charge < -0.3 is 15.0 Å². The molecule has 1 heterocycles. The fraction of sp³-hybridized carbons (Fsp3) is 0.273. The van der Waals surface area contributed by atoms with E-state index in [9.17, 15) is 4.79 Å². The van der Waals surface area contributed by atoms with Gasteiger partial charge in [-0.05, 0) is 24.6 Å². The van der Waals surface area contributed by atoms with Gasteiger partial charge >= 0.3 is 5.97 Å². The largest absolute Gasteiger partial charge is 0.480 e. The van der Waals surface area contributed by atoms with Crippen LogP contribution in [0.4, 0.5) is 5.95 Å². The molecule has 2 rings (SSSR count). The summed E-state index contributed by atoms with van der Waals surface area (Å²) in [6, 6.07) is 5.93. The number of nitrogens with zero attached hydrogens (tertiary/aromatic N) is 2. The maximum Gasteiger partial charge on any atom is 0.322 e. The number of anilines is 1. The Morgan fingerprint density at radius 3 is 3.00 bits per heavy atom. The molecule has 2 N–H and O–H groups in total. The molecule has 2 aromatic rings. The molecule has 0 aliphatic carbocycles. The second-order valence-electron chi connectivity index (χ2n) is 3.73. The summed E-state index contributed by atoms with van der Waals surface area (Å²) < 4.78 is 1.85. The fourth-order valence-electron chi connectivity index (χ4n) is 1.61. The quantitative estimate of drug-likeness (QED) is 0.818. The van der Waals surface area contributed by atoms with Gasteiger partial charge in [-0.15, -0.1) is 0 Å². The van der Waals surface area contributed by atoms with E-state index in [1.54, 1.807) is 0 Å². The Balaban J connectivity index is 2.40. The Labute approximate surface area is 92.7 Å². The van der Waals surface area contributed by atoms with Crippen molar-refractivity contribution in [2.75, 3.05) is 11.9 Å². The molecule has 0 spiro atoms. The van der Waals surface area contributed by atoms with E-state index in [0.717, 1.165) is 16.6 Å². The smallest absolute Gasteiger partial charge is 0.322 e. The van der Waals surface area contributed by atoms with Crippen LogP contribution in [-0.2, 0) is 11.8 Å². The number of rotatable bonds is 3. The molecule has 1 aromatic carbocycles. The van der Waals surface area contributed by atoms with Crippen LogP contribution in [0.25, 0.3) is 11.0 Å². The van der Waals surface area contributed by atoms with Crippen LogP contribution >= 0.6 is 0 Å². The Bertz CT molecular complexity index is 545. The topological polar surface area (TPSA) is 67.2 Å². The molecule has 1 aromatic heterocycles. The van der Waals surface area contributed by atoms with Crippen molar-refractivity contribution in [1.82, 2.24) is 9.55 Å². The van der Waals surface area contributed by atoms with E-state index < -0.39 is 5.97 Å². The number of aryl methyl sites for hydroxylation is 2. The number of hydrogen-bond acceptors (Lipinski definition) is 3. The van der Waals surface area contributed by atoms with Crippen LogP contribution < -0.4 is 5.32 Å². The van der Waals surface area contributed by atoms with E-state index in [1.807, 2.05) is 36.7 Å². The van der Waals surface area contributed by atoms with Crippen LogP contribution in [0.2, 0.25) is 0 Å². The number of nitrogens with one attached hydrogen (secondary N) is 1. The van der Waals surface area contributed by atoms with Crippen LogP contribution in [0.1, 0.15) is 5.56 Å². The first kappa shape index (κ1) is 10.5. The molecule has 0 unspecified atom stereocenters. The first-order chi connectivity index (χ1) is 7.58. The number of fused-ring (bicyclic) bond motifs is 1. The van der Waals surface area contributed by atoms with Gasteiger partial charge in [-0.1, -0.05) is 6.07 Å². The predicted molar refractivity (Wildman–Crippen MR) is 61.6 cm³/mol. The third kappa shape index (κ3) is 1.84. The second kappa shape index (κ2) is 3.84. The Morgan fingerprint density at radius 2 is 2.31 bits per heavy atom. The summed E-state index contributed by atoms with van der Waals surface area (Å²) in [6.07, 6.45) is 0. The van der Waals surface area contributed by atoms with Crippen molar-refractivity contribution in [2.45, 2.75) is 6.92 Å². The summed E-state index contributed by atoms with van der Waals surface area (Å²) in [6.45, 7) is 1.88. The highest BCUT2D eigenvalue weighted by molar-refractivity contribution is 5.80. The summed E-state index contributed by atoms with van der Waals surface area (Å²) in [4.78, 5) is 14.8. The summed E-state index contributed by atoms with van der Waals surface area (Å²) in [5.74, 6) is -0.328. The fourth-order valence-corrected chi connectivity index (χ4v) is 1.61. The number of aliphatic carboxylic acids is 1. The number of imidazole rings is 1. The molecular formula is C11H13N3O2. The van der Waals surface area contributed by atoms with Gasteiger partial charge in [-0.25, -0.2) is 4.98 Å². The molecule has 0 saturated carbocycles. The highest BCUT2D eigenvalue weighted by Crippen LogP contribution is 2.19. The Kier molecular flexibility index (Phi) is 2.52. The zero-order valence-corrected chi connectivity index (χ0v) is 9.19. The zero-order valence-electron chi connectivity index (χ0n) is 9.19. The molecular weight excluding hydrogens is 206 g/mol. The van der Waals surface area contributed by atoms with Gasteiger partial charge in [0.15, 0.2) is 0 Å². The lowest BCUT2D eigenvalue weighted by Gasteiger charge is -2.02. The molecule has 0 saturated heterocycles. The van der Waals surface area contributed by atoms with E-state index >= 15 is 0 Å². The zero-order chi connectivity index (χ0) is 11.7. The summed E-state index contributed by atoms with van der Waals surface area (Å²) >= 11 is 0. The summed E-state index contributed by atoms with van der Waals surface area (Å²) in [5.41, 5.74) is 3.01. The molecule has 16 heavy (non-hydrogen) atoms. The van der Waals surface area contributed by atoms with E-state index in [-0.39, 0.29) is 6.54 Å². The first-order valence-electron chi connectivity index (χ1n) is 4.96. The van der Waals surface area contributed by atoms with E-state index in [0.29, 0.717) is 5.95 Å². The first-order valence-corrected chi connectivity index (χ1v) is 4.96. The molecule has 0 amide bonds. The van der Waals surface area contributed by atoms with Gasteiger partial charge in [0.1, 0.15) is 6.54 Å². The molecule has 0 radical (unpaired) electrons. The number of benzene rings is 1. The number of aromatic nitrogens is 2. The molecule has 0 fully saturated rings. The maximum absolute atomic E-state index is 10.5. The third-order valence-corrected chi connectivity index (χ3v) is 2.43.